The van der Waals surface area contributed by atoms with Crippen molar-refractivity contribution in [1.29, 1.82) is 0 Å². The highest BCUT2D eigenvalue weighted by Gasteiger charge is 2.23. The first-order valence-electron chi connectivity index (χ1n) is 20.6. The molecule has 0 saturated heterocycles. The summed E-state index contributed by atoms with van der Waals surface area (Å²) in [5.74, 6) is 0.653. The average Bonchev–Trinajstić information content (AvgIpc) is 3.76. The SMILES string of the molecule is c1ccc(-c2cc(-c3ccccc3)cc(-c3cc(-c4ccccc4)nc(-c4cccc5c4cc(-c4ccccc4)n4nc(-c6ccccc6)c(-c6ccccc6)c54)n3)c2)cc1. The minimum Gasteiger partial charge on any atom is -0.231 e. The van der Waals surface area contributed by atoms with Crippen LogP contribution < -0.4 is 0 Å². The third-order valence-electron chi connectivity index (χ3n) is 11.4. The van der Waals surface area contributed by atoms with Crippen LogP contribution >= 0.6 is 0 Å². The van der Waals surface area contributed by atoms with Crippen molar-refractivity contribution in [1.82, 2.24) is 19.6 Å². The summed E-state index contributed by atoms with van der Waals surface area (Å²) in [6, 6.07) is 80.9. The Labute approximate surface area is 354 Å². The first-order valence-corrected chi connectivity index (χ1v) is 20.6. The molecule has 0 aliphatic heterocycles. The van der Waals surface area contributed by atoms with Crippen LogP contribution in [-0.2, 0) is 0 Å². The molecule has 0 amide bonds. The molecule has 3 heterocycles. The fourth-order valence-corrected chi connectivity index (χ4v) is 8.49. The Kier molecular flexibility index (Phi) is 9.14. The number of pyridine rings is 1. The number of aromatic nitrogens is 4. The van der Waals surface area contributed by atoms with Crippen LogP contribution in [0.5, 0.6) is 0 Å². The van der Waals surface area contributed by atoms with Gasteiger partial charge in [-0.3, -0.25) is 0 Å². The van der Waals surface area contributed by atoms with Gasteiger partial charge in [0.2, 0.25) is 0 Å². The summed E-state index contributed by atoms with van der Waals surface area (Å²) in [4.78, 5) is 10.9. The smallest absolute Gasteiger partial charge is 0.161 e. The summed E-state index contributed by atoms with van der Waals surface area (Å²) >= 11 is 0. The highest BCUT2D eigenvalue weighted by Crippen LogP contribution is 2.43. The molecule has 8 aromatic carbocycles. The molecule has 0 unspecified atom stereocenters. The van der Waals surface area contributed by atoms with Crippen molar-refractivity contribution in [2.75, 3.05) is 0 Å². The molecule has 4 nitrogen and oxygen atoms in total. The Bertz CT molecular complexity index is 3250. The predicted molar refractivity (Wildman–Crippen MR) is 252 cm³/mol. The van der Waals surface area contributed by atoms with Gasteiger partial charge < -0.3 is 0 Å². The Balaban J connectivity index is 1.21. The molecule has 11 aromatic rings. The zero-order valence-electron chi connectivity index (χ0n) is 33.2. The van der Waals surface area contributed by atoms with Gasteiger partial charge in [0.05, 0.1) is 22.6 Å². The molecular formula is C57H38N4. The summed E-state index contributed by atoms with van der Waals surface area (Å²) in [7, 11) is 0. The lowest BCUT2D eigenvalue weighted by Gasteiger charge is -2.15. The Morgan fingerprint density at radius 2 is 0.770 bits per heavy atom. The summed E-state index contributed by atoms with van der Waals surface area (Å²) < 4.78 is 2.14. The van der Waals surface area contributed by atoms with Crippen molar-refractivity contribution in [3.63, 3.8) is 0 Å². The number of hydrogen-bond donors (Lipinski definition) is 0. The molecule has 0 N–H and O–H groups in total. The zero-order valence-corrected chi connectivity index (χ0v) is 33.2. The van der Waals surface area contributed by atoms with Crippen molar-refractivity contribution in [2.45, 2.75) is 0 Å². The molecule has 0 fully saturated rings. The van der Waals surface area contributed by atoms with E-state index in [0.29, 0.717) is 5.82 Å². The van der Waals surface area contributed by atoms with Crippen LogP contribution in [-0.4, -0.2) is 19.6 Å². The highest BCUT2D eigenvalue weighted by atomic mass is 15.2. The van der Waals surface area contributed by atoms with Crippen LogP contribution in [0.4, 0.5) is 0 Å². The van der Waals surface area contributed by atoms with Crippen LogP contribution in [0.2, 0.25) is 0 Å². The van der Waals surface area contributed by atoms with Crippen LogP contribution in [0.1, 0.15) is 0 Å². The molecule has 0 spiro atoms. The highest BCUT2D eigenvalue weighted by molar-refractivity contribution is 6.12. The second-order valence-electron chi connectivity index (χ2n) is 15.2. The van der Waals surface area contributed by atoms with Gasteiger partial charge in [-0.25, -0.2) is 14.5 Å². The van der Waals surface area contributed by atoms with Crippen LogP contribution in [0.3, 0.4) is 0 Å². The molecule has 0 radical (unpaired) electrons. The first kappa shape index (κ1) is 35.9. The van der Waals surface area contributed by atoms with Gasteiger partial charge in [-0.2, -0.15) is 5.10 Å². The molecule has 0 atom stereocenters. The van der Waals surface area contributed by atoms with Gasteiger partial charge in [0, 0.05) is 38.8 Å². The van der Waals surface area contributed by atoms with E-state index in [-0.39, 0.29) is 0 Å². The van der Waals surface area contributed by atoms with Crippen LogP contribution in [0.25, 0.3) is 106 Å². The van der Waals surface area contributed by atoms with Gasteiger partial charge in [-0.15, -0.1) is 0 Å². The van der Waals surface area contributed by atoms with E-state index in [2.05, 4.69) is 229 Å². The average molecular weight is 779 g/mol. The molecule has 4 heteroatoms. The number of rotatable bonds is 8. The quantitative estimate of drug-likeness (QED) is 0.154. The molecular weight excluding hydrogens is 741 g/mol. The number of hydrogen-bond acceptors (Lipinski definition) is 3. The molecule has 0 aliphatic carbocycles. The fourth-order valence-electron chi connectivity index (χ4n) is 8.49. The largest absolute Gasteiger partial charge is 0.231 e. The van der Waals surface area contributed by atoms with E-state index < -0.39 is 0 Å². The Hall–Kier alpha value is -8.21. The standard InChI is InChI=1S/C57H38N4/c1-7-20-39(21-8-1)45-34-46(40-22-9-2-10-23-40)36-47(35-45)52-38-51(41-24-11-3-12-25-41)58-57(59-52)49-33-19-32-48-50(49)37-53(42-26-13-4-14-27-42)61-56(48)54(43-28-15-5-16-29-43)55(60-61)44-30-17-6-18-31-44/h1-38H. The summed E-state index contributed by atoms with van der Waals surface area (Å²) in [5.41, 5.74) is 16.5. The summed E-state index contributed by atoms with van der Waals surface area (Å²) in [6.07, 6.45) is 0. The number of nitrogens with zero attached hydrogens (tertiary/aromatic N) is 4. The number of fused-ring (bicyclic) bond motifs is 3. The maximum atomic E-state index is 5.50. The molecule has 11 rings (SSSR count). The van der Waals surface area contributed by atoms with Crippen molar-refractivity contribution in [2.24, 2.45) is 0 Å². The van der Waals surface area contributed by atoms with Crippen molar-refractivity contribution < 1.29 is 0 Å². The third-order valence-corrected chi connectivity index (χ3v) is 11.4. The van der Waals surface area contributed by atoms with E-state index in [9.17, 15) is 0 Å². The van der Waals surface area contributed by atoms with Gasteiger partial charge in [-0.1, -0.05) is 200 Å². The minimum atomic E-state index is 0.653. The van der Waals surface area contributed by atoms with E-state index >= 15 is 0 Å². The summed E-state index contributed by atoms with van der Waals surface area (Å²) in [6.45, 7) is 0. The van der Waals surface area contributed by atoms with E-state index in [0.717, 1.165) is 100 Å². The molecule has 0 aliphatic rings. The van der Waals surface area contributed by atoms with Gasteiger partial charge in [-0.05, 0) is 63.5 Å². The molecule has 0 bridgehead atoms. The maximum absolute atomic E-state index is 5.50. The van der Waals surface area contributed by atoms with E-state index in [1.165, 1.54) is 0 Å². The lowest BCUT2D eigenvalue weighted by molar-refractivity contribution is 0.979. The van der Waals surface area contributed by atoms with Crippen LogP contribution in [0.15, 0.2) is 231 Å². The fraction of sp³-hybridized carbons (Fsp3) is 0. The monoisotopic (exact) mass is 778 g/mol. The zero-order chi connectivity index (χ0) is 40.5. The van der Waals surface area contributed by atoms with Gasteiger partial charge >= 0.3 is 0 Å². The minimum absolute atomic E-state index is 0.653. The summed E-state index contributed by atoms with van der Waals surface area (Å²) in [5, 5.41) is 7.56. The Morgan fingerprint density at radius 1 is 0.311 bits per heavy atom. The van der Waals surface area contributed by atoms with Gasteiger partial charge in [0.25, 0.3) is 0 Å². The Morgan fingerprint density at radius 3 is 1.33 bits per heavy atom. The van der Waals surface area contributed by atoms with Crippen LogP contribution in [0, 0.1) is 0 Å². The first-order chi connectivity index (χ1) is 30.2. The second-order valence-corrected chi connectivity index (χ2v) is 15.2. The second kappa shape index (κ2) is 15.5. The van der Waals surface area contributed by atoms with Crippen molar-refractivity contribution in [3.8, 4) is 89.8 Å². The third kappa shape index (κ3) is 6.76. The van der Waals surface area contributed by atoms with E-state index in [4.69, 9.17) is 15.1 Å². The lowest BCUT2D eigenvalue weighted by atomic mass is 9.94. The molecule has 286 valence electrons. The maximum Gasteiger partial charge on any atom is 0.161 e. The van der Waals surface area contributed by atoms with Gasteiger partial charge in [0.15, 0.2) is 5.82 Å². The molecule has 3 aromatic heterocycles. The topological polar surface area (TPSA) is 43.1 Å². The predicted octanol–water partition coefficient (Wildman–Crippen LogP) is 14.6. The van der Waals surface area contributed by atoms with E-state index in [1.807, 2.05) is 6.07 Å². The molecule has 0 saturated carbocycles. The van der Waals surface area contributed by atoms with Crippen molar-refractivity contribution >= 4 is 16.3 Å². The van der Waals surface area contributed by atoms with Crippen molar-refractivity contribution in [3.05, 3.63) is 231 Å². The van der Waals surface area contributed by atoms with E-state index in [1.54, 1.807) is 0 Å². The van der Waals surface area contributed by atoms with Gasteiger partial charge in [0.1, 0.15) is 5.69 Å². The normalized spacial score (nSPS) is 11.3. The molecule has 61 heavy (non-hydrogen) atoms. The lowest BCUT2D eigenvalue weighted by Crippen LogP contribution is -1.99. The number of benzene rings is 8.